The molecule has 0 amide bonds. The molecular formula is C17H28O3Si. The van der Waals surface area contributed by atoms with Gasteiger partial charge in [0.2, 0.25) is 0 Å². The highest BCUT2D eigenvalue weighted by Crippen LogP contribution is 2.33. The summed E-state index contributed by atoms with van der Waals surface area (Å²) in [4.78, 5) is 0. The molecule has 0 aromatic heterocycles. The molecular weight excluding hydrogens is 280 g/mol. The van der Waals surface area contributed by atoms with Gasteiger partial charge in [-0.2, -0.15) is 0 Å². The summed E-state index contributed by atoms with van der Waals surface area (Å²) in [5.41, 5.74) is 0.535. The number of rotatable bonds is 7. The number of aliphatic hydroxyl groups excluding tert-OH is 1. The minimum absolute atomic E-state index is 0.0397. The molecule has 0 bridgehead atoms. The van der Waals surface area contributed by atoms with Crippen molar-refractivity contribution in [2.24, 2.45) is 0 Å². The third-order valence-corrected chi connectivity index (χ3v) is 8.99. The summed E-state index contributed by atoms with van der Waals surface area (Å²) in [6.45, 7) is 8.14. The largest absolute Gasteiger partial charge is 0.393 e. The summed E-state index contributed by atoms with van der Waals surface area (Å²) in [5, 5.41) is 11.3. The lowest BCUT2D eigenvalue weighted by atomic mass is 10.1. The number of aliphatic hydroxyl groups is 1. The van der Waals surface area contributed by atoms with E-state index in [0.29, 0.717) is 18.8 Å². The predicted molar refractivity (Wildman–Crippen MR) is 88.5 cm³/mol. The van der Waals surface area contributed by atoms with Crippen molar-refractivity contribution in [1.82, 2.24) is 0 Å². The van der Waals surface area contributed by atoms with Gasteiger partial charge in [0.05, 0.1) is 27.4 Å². The molecule has 0 radical (unpaired) electrons. The van der Waals surface area contributed by atoms with Gasteiger partial charge in [0, 0.05) is 0 Å². The van der Waals surface area contributed by atoms with E-state index in [9.17, 15) is 5.11 Å². The van der Waals surface area contributed by atoms with Gasteiger partial charge < -0.3 is 14.6 Å². The second kappa shape index (κ2) is 7.54. The monoisotopic (exact) mass is 308 g/mol. The smallest absolute Gasteiger partial charge is 0.157 e. The van der Waals surface area contributed by atoms with Gasteiger partial charge >= 0.3 is 0 Å². The Morgan fingerprint density at radius 3 is 2.38 bits per heavy atom. The van der Waals surface area contributed by atoms with E-state index in [2.05, 4.69) is 43.4 Å². The van der Waals surface area contributed by atoms with E-state index in [0.717, 1.165) is 19.3 Å². The first-order chi connectivity index (χ1) is 10.00. The Hall–Kier alpha value is -0.683. The third-order valence-electron chi connectivity index (χ3n) is 4.61. The molecule has 1 N–H and O–H groups in total. The first-order valence-corrected chi connectivity index (χ1v) is 11.0. The number of hydrogen-bond acceptors (Lipinski definition) is 3. The van der Waals surface area contributed by atoms with Gasteiger partial charge in [-0.15, -0.1) is 0 Å². The molecule has 3 nitrogen and oxygen atoms in total. The topological polar surface area (TPSA) is 38.7 Å². The summed E-state index contributed by atoms with van der Waals surface area (Å²) in [7, 11) is -1.61. The molecule has 1 heterocycles. The van der Waals surface area contributed by atoms with Crippen molar-refractivity contribution in [3.05, 3.63) is 30.3 Å². The van der Waals surface area contributed by atoms with Crippen LogP contribution >= 0.6 is 0 Å². The third kappa shape index (κ3) is 4.64. The first-order valence-electron chi connectivity index (χ1n) is 7.97. The predicted octanol–water partition coefficient (Wildman–Crippen LogP) is 2.90. The second-order valence-electron chi connectivity index (χ2n) is 6.62. The zero-order chi connectivity index (χ0) is 15.3. The maximum absolute atomic E-state index is 9.88. The molecule has 0 saturated carbocycles. The van der Waals surface area contributed by atoms with Gasteiger partial charge in [0.1, 0.15) is 0 Å². The van der Waals surface area contributed by atoms with E-state index < -0.39 is 8.07 Å². The van der Waals surface area contributed by atoms with Crippen LogP contribution in [0.4, 0.5) is 0 Å². The second-order valence-corrected chi connectivity index (χ2v) is 11.5. The van der Waals surface area contributed by atoms with E-state index in [1.807, 2.05) is 6.92 Å². The zero-order valence-electron chi connectivity index (χ0n) is 13.4. The van der Waals surface area contributed by atoms with Crippen LogP contribution in [0.1, 0.15) is 26.2 Å². The standard InChI is InChI=1S/C17H28O3Si/c1-14(18)13-16(9-10-17-19-11-12-20-17)21(2,3)15-7-5-4-6-8-15/h4-8,14,16-18H,9-13H2,1-3H3/t14-,16+/m1/s1. The fraction of sp³-hybridized carbons (Fsp3) is 0.647. The summed E-state index contributed by atoms with van der Waals surface area (Å²) in [5.74, 6) is 0. The molecule has 4 heteroatoms. The summed E-state index contributed by atoms with van der Waals surface area (Å²) in [6.07, 6.45) is 2.56. The molecule has 1 fully saturated rings. The van der Waals surface area contributed by atoms with Crippen molar-refractivity contribution < 1.29 is 14.6 Å². The number of hydrogen-bond donors (Lipinski definition) is 1. The van der Waals surface area contributed by atoms with Gasteiger partial charge in [0.15, 0.2) is 6.29 Å². The van der Waals surface area contributed by atoms with Crippen LogP contribution in [0.15, 0.2) is 30.3 Å². The molecule has 1 aliphatic rings. The van der Waals surface area contributed by atoms with Crippen molar-refractivity contribution >= 4 is 13.3 Å². The Kier molecular flexibility index (Phi) is 5.99. The molecule has 2 atom stereocenters. The van der Waals surface area contributed by atoms with Gasteiger partial charge in [-0.3, -0.25) is 0 Å². The highest BCUT2D eigenvalue weighted by molar-refractivity contribution is 6.91. The summed E-state index contributed by atoms with van der Waals surface area (Å²) < 4.78 is 11.1. The van der Waals surface area contributed by atoms with Crippen LogP contribution in [0, 0.1) is 0 Å². The highest BCUT2D eigenvalue weighted by atomic mass is 28.3. The van der Waals surface area contributed by atoms with Crippen LogP contribution in [-0.4, -0.2) is 38.8 Å². The van der Waals surface area contributed by atoms with E-state index in [1.165, 1.54) is 5.19 Å². The Labute approximate surface area is 129 Å². The van der Waals surface area contributed by atoms with Gasteiger partial charge in [-0.05, 0) is 31.7 Å². The summed E-state index contributed by atoms with van der Waals surface area (Å²) >= 11 is 0. The number of ether oxygens (including phenoxy) is 2. The highest BCUT2D eigenvalue weighted by Gasteiger charge is 2.34. The molecule has 0 unspecified atom stereocenters. The molecule has 0 aliphatic carbocycles. The van der Waals surface area contributed by atoms with E-state index in [-0.39, 0.29) is 12.4 Å². The minimum atomic E-state index is -1.61. The lowest BCUT2D eigenvalue weighted by Gasteiger charge is -2.34. The lowest BCUT2D eigenvalue weighted by molar-refractivity contribution is -0.0483. The van der Waals surface area contributed by atoms with Gasteiger partial charge in [-0.1, -0.05) is 48.6 Å². The van der Waals surface area contributed by atoms with Gasteiger partial charge in [-0.25, -0.2) is 0 Å². The molecule has 2 rings (SSSR count). The molecule has 21 heavy (non-hydrogen) atoms. The van der Waals surface area contributed by atoms with Crippen molar-refractivity contribution in [3.8, 4) is 0 Å². The molecule has 1 saturated heterocycles. The van der Waals surface area contributed by atoms with Crippen LogP contribution in [0.2, 0.25) is 18.6 Å². The van der Waals surface area contributed by atoms with Crippen molar-refractivity contribution in [1.29, 1.82) is 0 Å². The molecule has 1 aliphatic heterocycles. The molecule has 1 aromatic rings. The van der Waals surface area contributed by atoms with Crippen molar-refractivity contribution in [2.45, 2.75) is 57.2 Å². The fourth-order valence-corrected chi connectivity index (χ4v) is 6.54. The van der Waals surface area contributed by atoms with Crippen molar-refractivity contribution in [3.63, 3.8) is 0 Å². The maximum atomic E-state index is 9.88. The van der Waals surface area contributed by atoms with E-state index in [4.69, 9.17) is 9.47 Å². The van der Waals surface area contributed by atoms with Crippen LogP contribution in [0.5, 0.6) is 0 Å². The fourth-order valence-electron chi connectivity index (χ4n) is 3.20. The SMILES string of the molecule is C[C@@H](O)C[C@H](CCC1OCCO1)[Si](C)(C)c1ccccc1. The average Bonchev–Trinajstić information content (AvgIpc) is 2.97. The Morgan fingerprint density at radius 1 is 1.19 bits per heavy atom. The normalized spacial score (nSPS) is 19.6. The van der Waals surface area contributed by atoms with Gasteiger partial charge in [0.25, 0.3) is 0 Å². The van der Waals surface area contributed by atoms with Crippen LogP contribution in [-0.2, 0) is 9.47 Å². The Balaban J connectivity index is 2.06. The minimum Gasteiger partial charge on any atom is -0.393 e. The van der Waals surface area contributed by atoms with E-state index >= 15 is 0 Å². The average molecular weight is 308 g/mol. The van der Waals surface area contributed by atoms with Crippen molar-refractivity contribution in [2.75, 3.05) is 13.2 Å². The first kappa shape index (κ1) is 16.7. The molecule has 1 aromatic carbocycles. The molecule has 118 valence electrons. The maximum Gasteiger partial charge on any atom is 0.157 e. The Morgan fingerprint density at radius 2 is 1.81 bits per heavy atom. The quantitative estimate of drug-likeness (QED) is 0.787. The zero-order valence-corrected chi connectivity index (χ0v) is 14.4. The van der Waals surface area contributed by atoms with Crippen LogP contribution in [0.25, 0.3) is 0 Å². The Bertz CT molecular complexity index is 413. The lowest BCUT2D eigenvalue weighted by Crippen LogP contribution is -2.47. The number of benzene rings is 1. The van der Waals surface area contributed by atoms with E-state index in [1.54, 1.807) is 0 Å². The molecule has 0 spiro atoms. The summed E-state index contributed by atoms with van der Waals surface area (Å²) in [6, 6.07) is 10.8. The van der Waals surface area contributed by atoms with Crippen LogP contribution < -0.4 is 5.19 Å². The van der Waals surface area contributed by atoms with Crippen LogP contribution in [0.3, 0.4) is 0 Å².